The van der Waals surface area contributed by atoms with E-state index < -0.39 is 11.7 Å². The molecule has 0 amide bonds. The Morgan fingerprint density at radius 1 is 1.15 bits per heavy atom. The lowest BCUT2D eigenvalue weighted by Crippen LogP contribution is -2.12. The van der Waals surface area contributed by atoms with Gasteiger partial charge in [0.2, 0.25) is 0 Å². The van der Waals surface area contributed by atoms with Crippen LogP contribution in [0.3, 0.4) is 0 Å². The second-order valence-electron chi connectivity index (χ2n) is 4.31. The molecule has 0 aliphatic carbocycles. The zero-order valence-corrected chi connectivity index (χ0v) is 10.7. The highest BCUT2D eigenvalue weighted by Gasteiger charge is 2.29. The lowest BCUT2D eigenvalue weighted by molar-refractivity contribution is -0.137. The van der Waals surface area contributed by atoms with E-state index in [0.29, 0.717) is 13.1 Å². The zero-order valence-electron chi connectivity index (χ0n) is 10.7. The van der Waals surface area contributed by atoms with Crippen LogP contribution in [0, 0.1) is 0 Å². The fourth-order valence-corrected chi connectivity index (χ4v) is 1.73. The number of hydrogen-bond acceptors (Lipinski definition) is 2. The van der Waals surface area contributed by atoms with Crippen molar-refractivity contribution in [3.8, 4) is 0 Å². The minimum atomic E-state index is -4.29. The van der Waals surface area contributed by atoms with Crippen LogP contribution in [0.5, 0.6) is 0 Å². The van der Waals surface area contributed by atoms with Crippen molar-refractivity contribution < 1.29 is 13.2 Å². The number of alkyl halides is 3. The van der Waals surface area contributed by atoms with Crippen molar-refractivity contribution in [2.24, 2.45) is 0 Å². The standard InChI is InChI=1S/C14H14F3N3/c1-2-20-10-12(9-19-20)8-18-7-11-3-5-13(6-4-11)14(15,16)17/h2-6,9-10,18H,1,7-8H2. The first-order chi connectivity index (χ1) is 9.49. The molecule has 1 N–H and O–H groups in total. The quantitative estimate of drug-likeness (QED) is 0.911. The van der Waals surface area contributed by atoms with E-state index in [9.17, 15) is 13.2 Å². The lowest BCUT2D eigenvalue weighted by Gasteiger charge is -2.08. The molecule has 1 aromatic carbocycles. The van der Waals surface area contributed by atoms with E-state index in [-0.39, 0.29) is 0 Å². The van der Waals surface area contributed by atoms with E-state index in [1.165, 1.54) is 12.1 Å². The largest absolute Gasteiger partial charge is 0.416 e. The van der Waals surface area contributed by atoms with Gasteiger partial charge in [-0.05, 0) is 17.7 Å². The molecule has 20 heavy (non-hydrogen) atoms. The molecular weight excluding hydrogens is 267 g/mol. The summed E-state index contributed by atoms with van der Waals surface area (Å²) in [6.45, 7) is 4.68. The fourth-order valence-electron chi connectivity index (χ4n) is 1.73. The molecule has 2 aromatic rings. The highest BCUT2D eigenvalue weighted by Crippen LogP contribution is 2.28. The first kappa shape index (κ1) is 14.3. The Morgan fingerprint density at radius 2 is 1.80 bits per heavy atom. The smallest absolute Gasteiger partial charge is 0.309 e. The molecule has 0 radical (unpaired) electrons. The van der Waals surface area contributed by atoms with Gasteiger partial charge in [-0.3, -0.25) is 0 Å². The molecule has 0 saturated carbocycles. The normalized spacial score (nSPS) is 11.6. The molecule has 0 atom stereocenters. The van der Waals surface area contributed by atoms with Crippen molar-refractivity contribution in [3.05, 3.63) is 59.9 Å². The summed E-state index contributed by atoms with van der Waals surface area (Å²) < 4.78 is 38.8. The Hall–Kier alpha value is -2.08. The van der Waals surface area contributed by atoms with E-state index in [0.717, 1.165) is 23.3 Å². The highest BCUT2D eigenvalue weighted by atomic mass is 19.4. The van der Waals surface area contributed by atoms with Gasteiger partial charge in [0, 0.05) is 31.0 Å². The van der Waals surface area contributed by atoms with Gasteiger partial charge in [0.15, 0.2) is 0 Å². The molecule has 0 aliphatic heterocycles. The van der Waals surface area contributed by atoms with E-state index in [4.69, 9.17) is 0 Å². The van der Waals surface area contributed by atoms with Crippen molar-refractivity contribution in [3.63, 3.8) is 0 Å². The summed E-state index contributed by atoms with van der Waals surface area (Å²) in [4.78, 5) is 0. The van der Waals surface area contributed by atoms with Gasteiger partial charge in [-0.25, -0.2) is 4.68 Å². The molecule has 6 heteroatoms. The van der Waals surface area contributed by atoms with Crippen molar-refractivity contribution in [1.82, 2.24) is 15.1 Å². The van der Waals surface area contributed by atoms with Crippen LogP contribution in [-0.2, 0) is 19.3 Å². The molecule has 1 aromatic heterocycles. The maximum Gasteiger partial charge on any atom is 0.416 e. The number of benzene rings is 1. The Kier molecular flexibility index (Phi) is 4.24. The topological polar surface area (TPSA) is 29.9 Å². The average molecular weight is 281 g/mol. The zero-order chi connectivity index (χ0) is 14.6. The summed E-state index contributed by atoms with van der Waals surface area (Å²) in [7, 11) is 0. The number of rotatable bonds is 5. The summed E-state index contributed by atoms with van der Waals surface area (Å²) in [6.07, 6.45) is 0.832. The summed E-state index contributed by atoms with van der Waals surface area (Å²) in [6, 6.07) is 5.13. The molecule has 3 nitrogen and oxygen atoms in total. The molecule has 0 spiro atoms. The third-order valence-electron chi connectivity index (χ3n) is 2.78. The molecular formula is C14H14F3N3. The first-order valence-electron chi connectivity index (χ1n) is 6.01. The summed E-state index contributed by atoms with van der Waals surface area (Å²) in [5, 5.41) is 7.18. The maximum absolute atomic E-state index is 12.4. The van der Waals surface area contributed by atoms with E-state index >= 15 is 0 Å². The van der Waals surface area contributed by atoms with E-state index in [1.807, 2.05) is 6.20 Å². The Morgan fingerprint density at radius 3 is 2.35 bits per heavy atom. The fraction of sp³-hybridized carbons (Fsp3) is 0.214. The lowest BCUT2D eigenvalue weighted by atomic mass is 10.1. The van der Waals surface area contributed by atoms with Crippen LogP contribution >= 0.6 is 0 Å². The van der Waals surface area contributed by atoms with Gasteiger partial charge in [-0.15, -0.1) is 0 Å². The third kappa shape index (κ3) is 3.71. The number of nitrogens with one attached hydrogen (secondary N) is 1. The van der Waals surface area contributed by atoms with Gasteiger partial charge in [0.25, 0.3) is 0 Å². The predicted octanol–water partition coefficient (Wildman–Crippen LogP) is 3.29. The van der Waals surface area contributed by atoms with Gasteiger partial charge >= 0.3 is 6.18 Å². The second-order valence-corrected chi connectivity index (χ2v) is 4.31. The van der Waals surface area contributed by atoms with Crippen LogP contribution in [0.15, 0.2) is 43.2 Å². The van der Waals surface area contributed by atoms with Crippen LogP contribution in [0.1, 0.15) is 16.7 Å². The maximum atomic E-state index is 12.4. The highest BCUT2D eigenvalue weighted by molar-refractivity contribution is 5.24. The molecule has 0 bridgehead atoms. The molecule has 0 saturated heterocycles. The molecule has 0 aliphatic rings. The SMILES string of the molecule is C=Cn1cc(CNCc2ccc(C(F)(F)F)cc2)cn1. The molecule has 106 valence electrons. The minimum Gasteiger partial charge on any atom is -0.309 e. The number of halogens is 3. The minimum absolute atomic E-state index is 0.497. The van der Waals surface area contributed by atoms with Crippen LogP contribution in [0.4, 0.5) is 13.2 Å². The summed E-state index contributed by atoms with van der Waals surface area (Å²) in [5.41, 5.74) is 1.15. The van der Waals surface area contributed by atoms with Crippen LogP contribution in [0.2, 0.25) is 0 Å². The number of hydrogen-bond donors (Lipinski definition) is 1. The van der Waals surface area contributed by atoms with Gasteiger partial charge in [0.05, 0.1) is 11.8 Å². The number of aromatic nitrogens is 2. The van der Waals surface area contributed by atoms with Gasteiger partial charge < -0.3 is 5.32 Å². The first-order valence-corrected chi connectivity index (χ1v) is 6.01. The molecule has 0 fully saturated rings. The summed E-state index contributed by atoms with van der Waals surface area (Å²) in [5.74, 6) is 0. The third-order valence-corrected chi connectivity index (χ3v) is 2.78. The van der Waals surface area contributed by atoms with Crippen LogP contribution < -0.4 is 5.32 Å². The second kappa shape index (κ2) is 5.92. The van der Waals surface area contributed by atoms with Crippen molar-refractivity contribution in [2.45, 2.75) is 19.3 Å². The van der Waals surface area contributed by atoms with Crippen molar-refractivity contribution >= 4 is 6.20 Å². The summed E-state index contributed by atoms with van der Waals surface area (Å²) >= 11 is 0. The molecule has 0 unspecified atom stereocenters. The van der Waals surface area contributed by atoms with Crippen LogP contribution in [-0.4, -0.2) is 9.78 Å². The number of nitrogens with zero attached hydrogens (tertiary/aromatic N) is 2. The average Bonchev–Trinajstić information content (AvgIpc) is 2.86. The van der Waals surface area contributed by atoms with Gasteiger partial charge in [-0.2, -0.15) is 18.3 Å². The Balaban J connectivity index is 1.86. The Bertz CT molecular complexity index is 570. The van der Waals surface area contributed by atoms with Crippen molar-refractivity contribution in [1.29, 1.82) is 0 Å². The molecule has 1 heterocycles. The monoisotopic (exact) mass is 281 g/mol. The van der Waals surface area contributed by atoms with E-state index in [2.05, 4.69) is 17.0 Å². The predicted molar refractivity (Wildman–Crippen MR) is 70.6 cm³/mol. The van der Waals surface area contributed by atoms with Crippen molar-refractivity contribution in [2.75, 3.05) is 0 Å². The van der Waals surface area contributed by atoms with Gasteiger partial charge in [0.1, 0.15) is 0 Å². The Labute approximate surface area is 114 Å². The van der Waals surface area contributed by atoms with E-state index in [1.54, 1.807) is 17.1 Å². The van der Waals surface area contributed by atoms with Crippen LogP contribution in [0.25, 0.3) is 6.20 Å². The molecule has 2 rings (SSSR count). The van der Waals surface area contributed by atoms with Gasteiger partial charge in [-0.1, -0.05) is 18.7 Å².